The minimum Gasteiger partial charge on any atom is -0.383 e. The van der Waals surface area contributed by atoms with Crippen LogP contribution in [0.25, 0.3) is 0 Å². The normalized spacial score (nSPS) is 21.3. The molecule has 118 valence electrons. The molecule has 0 radical (unpaired) electrons. The van der Waals surface area contributed by atoms with E-state index in [1.807, 2.05) is 0 Å². The summed E-state index contributed by atoms with van der Waals surface area (Å²) in [6.07, 6.45) is 2.83. The zero-order chi connectivity index (χ0) is 15.7. The molecule has 6 heteroatoms. The van der Waals surface area contributed by atoms with Gasteiger partial charge in [-0.25, -0.2) is 4.98 Å². The Kier molecular flexibility index (Phi) is 4.39. The first-order chi connectivity index (χ1) is 9.65. The summed E-state index contributed by atoms with van der Waals surface area (Å²) < 4.78 is 0. The molecule has 0 atom stereocenters. The number of rotatable bonds is 4. The van der Waals surface area contributed by atoms with Crippen LogP contribution >= 0.6 is 0 Å². The molecular formula is C15H27N5O. The van der Waals surface area contributed by atoms with Gasteiger partial charge in [-0.3, -0.25) is 4.79 Å². The Morgan fingerprint density at radius 1 is 1.33 bits per heavy atom. The van der Waals surface area contributed by atoms with E-state index in [1.165, 1.54) is 6.07 Å². The fraction of sp³-hybridized carbons (Fsp3) is 0.733. The quantitative estimate of drug-likeness (QED) is 0.658. The molecular weight excluding hydrogens is 266 g/mol. The van der Waals surface area contributed by atoms with Crippen molar-refractivity contribution in [1.82, 2.24) is 20.6 Å². The Labute approximate surface area is 125 Å². The van der Waals surface area contributed by atoms with Gasteiger partial charge in [-0.05, 0) is 40.5 Å². The van der Waals surface area contributed by atoms with Crippen LogP contribution in [-0.4, -0.2) is 33.6 Å². The van der Waals surface area contributed by atoms with Crippen molar-refractivity contribution in [3.8, 4) is 0 Å². The summed E-state index contributed by atoms with van der Waals surface area (Å²) in [6.45, 7) is 9.72. The van der Waals surface area contributed by atoms with Crippen LogP contribution in [0, 0.1) is 0 Å². The van der Waals surface area contributed by atoms with Crippen LogP contribution in [0.5, 0.6) is 0 Å². The lowest BCUT2D eigenvalue weighted by atomic mass is 9.79. The fourth-order valence-corrected chi connectivity index (χ4v) is 3.51. The number of anilines is 1. The van der Waals surface area contributed by atoms with Crippen molar-refractivity contribution < 1.29 is 0 Å². The Bertz CT molecular complexity index is 533. The van der Waals surface area contributed by atoms with E-state index in [0.29, 0.717) is 18.3 Å². The molecule has 2 heterocycles. The average molecular weight is 293 g/mol. The van der Waals surface area contributed by atoms with Gasteiger partial charge >= 0.3 is 0 Å². The molecule has 5 N–H and O–H groups in total. The van der Waals surface area contributed by atoms with Crippen molar-refractivity contribution in [2.45, 2.75) is 64.1 Å². The van der Waals surface area contributed by atoms with Gasteiger partial charge in [0.05, 0.1) is 0 Å². The van der Waals surface area contributed by atoms with Gasteiger partial charge in [0.2, 0.25) is 0 Å². The third-order valence-corrected chi connectivity index (χ3v) is 3.80. The van der Waals surface area contributed by atoms with E-state index in [1.54, 1.807) is 0 Å². The van der Waals surface area contributed by atoms with Gasteiger partial charge in [0.15, 0.2) is 0 Å². The zero-order valence-electron chi connectivity index (χ0n) is 13.4. The maximum absolute atomic E-state index is 11.3. The molecule has 0 unspecified atom stereocenters. The molecule has 0 bridgehead atoms. The van der Waals surface area contributed by atoms with Gasteiger partial charge in [-0.2, -0.15) is 0 Å². The summed E-state index contributed by atoms with van der Waals surface area (Å²) in [7, 11) is 0. The Morgan fingerprint density at radius 3 is 2.52 bits per heavy atom. The summed E-state index contributed by atoms with van der Waals surface area (Å²) >= 11 is 0. The second kappa shape index (κ2) is 5.77. The third-order valence-electron chi connectivity index (χ3n) is 3.80. The molecule has 0 spiro atoms. The van der Waals surface area contributed by atoms with E-state index >= 15 is 0 Å². The molecule has 1 aliphatic rings. The van der Waals surface area contributed by atoms with Crippen molar-refractivity contribution in [2.24, 2.45) is 0 Å². The Hall–Kier alpha value is -1.40. The number of aromatic nitrogens is 2. The predicted molar refractivity (Wildman–Crippen MR) is 85.3 cm³/mol. The lowest BCUT2D eigenvalue weighted by Gasteiger charge is -2.46. The van der Waals surface area contributed by atoms with Gasteiger partial charge in [-0.1, -0.05) is 0 Å². The topological polar surface area (TPSA) is 95.8 Å². The van der Waals surface area contributed by atoms with E-state index in [0.717, 1.165) is 19.4 Å². The first kappa shape index (κ1) is 16.0. The van der Waals surface area contributed by atoms with Crippen LogP contribution < -0.4 is 21.9 Å². The first-order valence-corrected chi connectivity index (χ1v) is 7.54. The molecule has 0 aromatic carbocycles. The summed E-state index contributed by atoms with van der Waals surface area (Å²) in [4.78, 5) is 18.2. The fourth-order valence-electron chi connectivity index (χ4n) is 3.51. The van der Waals surface area contributed by atoms with E-state index in [2.05, 4.69) is 48.3 Å². The number of nitrogens with zero attached hydrogens (tertiary/aromatic N) is 1. The summed E-state index contributed by atoms with van der Waals surface area (Å²) in [5.74, 6) is 0.915. The highest BCUT2D eigenvalue weighted by atomic mass is 16.1. The Balaban J connectivity index is 1.89. The lowest BCUT2D eigenvalue weighted by Crippen LogP contribution is -2.61. The van der Waals surface area contributed by atoms with Crippen molar-refractivity contribution in [3.05, 3.63) is 22.2 Å². The number of nitrogens with one attached hydrogen (secondary N) is 3. The van der Waals surface area contributed by atoms with E-state index in [-0.39, 0.29) is 22.5 Å². The monoisotopic (exact) mass is 293 g/mol. The molecule has 1 fully saturated rings. The van der Waals surface area contributed by atoms with E-state index < -0.39 is 0 Å². The highest BCUT2D eigenvalue weighted by molar-refractivity contribution is 5.25. The van der Waals surface area contributed by atoms with Crippen molar-refractivity contribution in [2.75, 3.05) is 12.3 Å². The molecule has 0 aliphatic carbocycles. The molecule has 6 nitrogen and oxygen atoms in total. The standard InChI is InChI=1S/C15H27N5O/c1-14(2)8-10(9-15(3,4)20-14)17-6-5-12-18-11(16)7-13(21)19-12/h7,10,17,20H,5-6,8-9H2,1-4H3,(H3,16,18,19,21). The highest BCUT2D eigenvalue weighted by Crippen LogP contribution is 2.28. The van der Waals surface area contributed by atoms with E-state index in [9.17, 15) is 4.79 Å². The van der Waals surface area contributed by atoms with Crippen molar-refractivity contribution >= 4 is 5.82 Å². The third kappa shape index (κ3) is 4.82. The number of H-pyrrole nitrogens is 1. The van der Waals surface area contributed by atoms with Crippen LogP contribution in [0.4, 0.5) is 5.82 Å². The molecule has 1 saturated heterocycles. The first-order valence-electron chi connectivity index (χ1n) is 7.54. The second-order valence-electron chi connectivity index (χ2n) is 7.32. The van der Waals surface area contributed by atoms with Crippen molar-refractivity contribution in [1.29, 1.82) is 0 Å². The van der Waals surface area contributed by atoms with Crippen LogP contribution in [-0.2, 0) is 6.42 Å². The number of nitrogen functional groups attached to an aromatic ring is 1. The van der Waals surface area contributed by atoms with Crippen LogP contribution in [0.1, 0.15) is 46.4 Å². The molecule has 0 amide bonds. The molecule has 2 rings (SSSR count). The summed E-state index contributed by atoms with van der Waals surface area (Å²) in [5.41, 5.74) is 5.65. The number of aromatic amines is 1. The molecule has 1 aromatic rings. The SMILES string of the molecule is CC1(C)CC(NCCc2nc(N)cc(=O)[nH]2)CC(C)(C)N1. The molecule has 0 saturated carbocycles. The number of piperidine rings is 1. The van der Waals surface area contributed by atoms with Gasteiger partial charge in [-0.15, -0.1) is 0 Å². The highest BCUT2D eigenvalue weighted by Gasteiger charge is 2.37. The number of hydrogen-bond donors (Lipinski definition) is 4. The van der Waals surface area contributed by atoms with Gasteiger partial charge in [0, 0.05) is 36.2 Å². The maximum Gasteiger partial charge on any atom is 0.252 e. The van der Waals surface area contributed by atoms with E-state index in [4.69, 9.17) is 5.73 Å². The molecule has 1 aliphatic heterocycles. The van der Waals surface area contributed by atoms with Crippen LogP contribution in [0.3, 0.4) is 0 Å². The Morgan fingerprint density at radius 2 is 1.95 bits per heavy atom. The van der Waals surface area contributed by atoms with Gasteiger partial charge in [0.25, 0.3) is 5.56 Å². The van der Waals surface area contributed by atoms with Gasteiger partial charge in [0.1, 0.15) is 11.6 Å². The second-order valence-corrected chi connectivity index (χ2v) is 7.32. The summed E-state index contributed by atoms with van der Waals surface area (Å²) in [5, 5.41) is 7.25. The largest absolute Gasteiger partial charge is 0.383 e. The minimum atomic E-state index is -0.193. The minimum absolute atomic E-state index is 0.128. The molecule has 21 heavy (non-hydrogen) atoms. The smallest absolute Gasteiger partial charge is 0.252 e. The zero-order valence-corrected chi connectivity index (χ0v) is 13.4. The van der Waals surface area contributed by atoms with Crippen LogP contribution in [0.15, 0.2) is 10.9 Å². The van der Waals surface area contributed by atoms with Gasteiger partial charge < -0.3 is 21.4 Å². The molecule has 1 aromatic heterocycles. The van der Waals surface area contributed by atoms with Crippen molar-refractivity contribution in [3.63, 3.8) is 0 Å². The maximum atomic E-state index is 11.3. The van der Waals surface area contributed by atoms with Crippen LogP contribution in [0.2, 0.25) is 0 Å². The average Bonchev–Trinajstić information content (AvgIpc) is 2.22. The number of nitrogens with two attached hydrogens (primary N) is 1. The summed E-state index contributed by atoms with van der Waals surface area (Å²) in [6, 6.07) is 1.76. The lowest BCUT2D eigenvalue weighted by molar-refractivity contribution is 0.146. The predicted octanol–water partition coefficient (Wildman–Crippen LogP) is 0.793. The number of hydrogen-bond acceptors (Lipinski definition) is 5.